The number of aromatic nitrogens is 4. The molecule has 0 bridgehead atoms. The van der Waals surface area contributed by atoms with Crippen LogP contribution in [0.5, 0.6) is 0 Å². The summed E-state index contributed by atoms with van der Waals surface area (Å²) < 4.78 is 1.59. The molecule has 0 unspecified atom stereocenters. The Kier molecular flexibility index (Phi) is 3.63. The highest BCUT2D eigenvalue weighted by Crippen LogP contribution is 2.30. The second kappa shape index (κ2) is 5.84. The third-order valence-corrected chi connectivity index (χ3v) is 4.87. The number of rotatable bonds is 3. The second-order valence-electron chi connectivity index (χ2n) is 6.48. The number of amides is 1. The largest absolute Gasteiger partial charge is 0.366 e. The first kappa shape index (κ1) is 15.6. The lowest BCUT2D eigenvalue weighted by Gasteiger charge is -2.15. The van der Waals surface area contributed by atoms with Crippen molar-refractivity contribution in [1.82, 2.24) is 24.9 Å². The number of nitrogens with one attached hydrogen (secondary N) is 1. The molecule has 25 heavy (non-hydrogen) atoms. The summed E-state index contributed by atoms with van der Waals surface area (Å²) >= 11 is 0. The molecule has 0 saturated heterocycles. The molecule has 7 nitrogen and oxygen atoms in total. The Balaban J connectivity index is 1.56. The number of carbonyl (C=O) groups excluding carboxylic acids is 1. The Morgan fingerprint density at radius 2 is 2.12 bits per heavy atom. The third-order valence-electron chi connectivity index (χ3n) is 4.87. The quantitative estimate of drug-likeness (QED) is 0.758. The highest BCUT2D eigenvalue weighted by atomic mass is 16.1. The zero-order valence-corrected chi connectivity index (χ0v) is 14.3. The van der Waals surface area contributed by atoms with E-state index in [0.717, 1.165) is 29.8 Å². The van der Waals surface area contributed by atoms with Crippen molar-refractivity contribution < 1.29 is 4.79 Å². The van der Waals surface area contributed by atoms with Crippen LogP contribution in [0.2, 0.25) is 0 Å². The van der Waals surface area contributed by atoms with Gasteiger partial charge in [-0.15, -0.1) is 5.10 Å². The molecule has 128 valence electrons. The van der Waals surface area contributed by atoms with Crippen LogP contribution in [0.15, 0.2) is 24.3 Å². The van der Waals surface area contributed by atoms with Crippen LogP contribution in [0, 0.1) is 13.8 Å². The summed E-state index contributed by atoms with van der Waals surface area (Å²) in [6, 6.07) is 8.37. The lowest BCUT2D eigenvalue weighted by Crippen LogP contribution is -2.29. The molecular formula is C18H20N6O. The van der Waals surface area contributed by atoms with Crippen LogP contribution in [-0.2, 0) is 17.6 Å². The van der Waals surface area contributed by atoms with Crippen LogP contribution in [0.1, 0.15) is 40.5 Å². The molecule has 1 atom stereocenters. The number of aryl methyl sites for hydroxylation is 3. The van der Waals surface area contributed by atoms with E-state index >= 15 is 0 Å². The molecule has 2 heterocycles. The van der Waals surface area contributed by atoms with Crippen LogP contribution < -0.4 is 11.1 Å². The fourth-order valence-electron chi connectivity index (χ4n) is 3.59. The van der Waals surface area contributed by atoms with Crippen molar-refractivity contribution in [1.29, 1.82) is 0 Å². The van der Waals surface area contributed by atoms with E-state index in [1.54, 1.807) is 4.52 Å². The van der Waals surface area contributed by atoms with Gasteiger partial charge in [-0.1, -0.05) is 24.3 Å². The van der Waals surface area contributed by atoms with E-state index in [2.05, 4.69) is 32.5 Å². The van der Waals surface area contributed by atoms with Gasteiger partial charge in [-0.2, -0.15) is 9.50 Å². The number of hydrogen-bond donors (Lipinski definition) is 2. The molecule has 2 aromatic heterocycles. The predicted molar refractivity (Wildman–Crippen MR) is 94.0 cm³/mol. The lowest BCUT2D eigenvalue weighted by molar-refractivity contribution is -0.121. The van der Waals surface area contributed by atoms with E-state index in [9.17, 15) is 4.79 Å². The molecule has 3 aromatic rings. The summed E-state index contributed by atoms with van der Waals surface area (Å²) in [4.78, 5) is 21.1. The highest BCUT2D eigenvalue weighted by molar-refractivity contribution is 5.79. The first-order valence-electron chi connectivity index (χ1n) is 8.38. The van der Waals surface area contributed by atoms with Crippen molar-refractivity contribution >= 4 is 17.6 Å². The van der Waals surface area contributed by atoms with Gasteiger partial charge in [0.25, 0.3) is 5.78 Å². The van der Waals surface area contributed by atoms with Crippen molar-refractivity contribution in [3.63, 3.8) is 0 Å². The SMILES string of the molecule is Cc1nc2nc(N)nn2c(C)c1CC(=O)N[C@H]1CCc2ccccc21. The molecule has 1 aliphatic carbocycles. The minimum Gasteiger partial charge on any atom is -0.366 e. The topological polar surface area (TPSA) is 98.2 Å². The summed E-state index contributed by atoms with van der Waals surface area (Å²) in [6.07, 6.45) is 2.21. The Hall–Kier alpha value is -2.96. The summed E-state index contributed by atoms with van der Waals surface area (Å²) in [5, 5.41) is 7.30. The van der Waals surface area contributed by atoms with Crippen molar-refractivity contribution in [2.24, 2.45) is 0 Å². The summed E-state index contributed by atoms with van der Waals surface area (Å²) in [6.45, 7) is 3.79. The fraction of sp³-hybridized carbons (Fsp3) is 0.333. The number of hydrogen-bond acceptors (Lipinski definition) is 5. The lowest BCUT2D eigenvalue weighted by atomic mass is 10.1. The number of carbonyl (C=O) groups is 1. The average Bonchev–Trinajstić information content (AvgIpc) is 3.15. The second-order valence-corrected chi connectivity index (χ2v) is 6.48. The number of benzene rings is 1. The molecular weight excluding hydrogens is 316 g/mol. The third kappa shape index (κ3) is 2.71. The van der Waals surface area contributed by atoms with Gasteiger partial charge in [0, 0.05) is 17.0 Å². The van der Waals surface area contributed by atoms with Gasteiger partial charge >= 0.3 is 0 Å². The smallest absolute Gasteiger partial charge is 0.254 e. The average molecular weight is 336 g/mol. The maximum atomic E-state index is 12.6. The van der Waals surface area contributed by atoms with Gasteiger partial charge in [0.15, 0.2) is 0 Å². The van der Waals surface area contributed by atoms with Gasteiger partial charge in [0.05, 0.1) is 12.5 Å². The molecule has 0 spiro atoms. The van der Waals surface area contributed by atoms with Crippen molar-refractivity contribution in [2.75, 3.05) is 5.73 Å². The van der Waals surface area contributed by atoms with Gasteiger partial charge < -0.3 is 11.1 Å². The summed E-state index contributed by atoms with van der Waals surface area (Å²) in [5.74, 6) is 0.627. The van der Waals surface area contributed by atoms with Gasteiger partial charge in [0.1, 0.15) is 0 Å². The zero-order chi connectivity index (χ0) is 17.6. The van der Waals surface area contributed by atoms with Crippen LogP contribution in [0.25, 0.3) is 5.78 Å². The van der Waals surface area contributed by atoms with Crippen molar-refractivity contribution in [3.8, 4) is 0 Å². The molecule has 4 rings (SSSR count). The van der Waals surface area contributed by atoms with E-state index in [1.165, 1.54) is 11.1 Å². The maximum Gasteiger partial charge on any atom is 0.254 e. The van der Waals surface area contributed by atoms with E-state index in [1.807, 2.05) is 26.0 Å². The summed E-state index contributed by atoms with van der Waals surface area (Å²) in [5.41, 5.74) is 10.7. The van der Waals surface area contributed by atoms with Crippen molar-refractivity contribution in [3.05, 3.63) is 52.3 Å². The van der Waals surface area contributed by atoms with Crippen molar-refractivity contribution in [2.45, 2.75) is 39.2 Å². The van der Waals surface area contributed by atoms with Crippen LogP contribution in [-0.4, -0.2) is 25.5 Å². The molecule has 7 heteroatoms. The number of nitrogen functional groups attached to an aromatic ring is 1. The van der Waals surface area contributed by atoms with Gasteiger partial charge in [0.2, 0.25) is 11.9 Å². The summed E-state index contributed by atoms with van der Waals surface area (Å²) in [7, 11) is 0. The number of nitrogens with two attached hydrogens (primary N) is 1. The number of nitrogens with zero attached hydrogens (tertiary/aromatic N) is 4. The van der Waals surface area contributed by atoms with E-state index in [0.29, 0.717) is 5.78 Å². The number of anilines is 1. The molecule has 1 amide bonds. The normalized spacial score (nSPS) is 16.2. The monoisotopic (exact) mass is 336 g/mol. The van der Waals surface area contributed by atoms with E-state index < -0.39 is 0 Å². The standard InChI is InChI=1S/C18H20N6O/c1-10-14(11(2)24-18(20-10)22-17(19)23-24)9-16(25)21-15-8-7-12-5-3-4-6-13(12)15/h3-6,15H,7-9H2,1-2H3,(H2,19,23)(H,21,25)/t15-/m0/s1. The Labute approximate surface area is 145 Å². The van der Waals surface area contributed by atoms with Gasteiger partial charge in [-0.3, -0.25) is 4.79 Å². The van der Waals surface area contributed by atoms with E-state index in [4.69, 9.17) is 5.73 Å². The molecule has 0 fully saturated rings. The van der Waals surface area contributed by atoms with Crippen LogP contribution >= 0.6 is 0 Å². The number of fused-ring (bicyclic) bond motifs is 2. The molecule has 3 N–H and O–H groups in total. The predicted octanol–water partition coefficient (Wildman–Crippen LogP) is 1.67. The first-order chi connectivity index (χ1) is 12.0. The Bertz CT molecular complexity index is 977. The zero-order valence-electron chi connectivity index (χ0n) is 14.3. The Morgan fingerprint density at radius 1 is 1.32 bits per heavy atom. The van der Waals surface area contributed by atoms with Crippen LogP contribution in [0.3, 0.4) is 0 Å². The molecule has 0 aliphatic heterocycles. The van der Waals surface area contributed by atoms with Crippen LogP contribution in [0.4, 0.5) is 5.95 Å². The van der Waals surface area contributed by atoms with E-state index in [-0.39, 0.29) is 24.3 Å². The molecule has 0 radical (unpaired) electrons. The molecule has 1 aliphatic rings. The fourth-order valence-corrected chi connectivity index (χ4v) is 3.59. The highest BCUT2D eigenvalue weighted by Gasteiger charge is 2.24. The van der Waals surface area contributed by atoms with Gasteiger partial charge in [-0.25, -0.2) is 4.98 Å². The maximum absolute atomic E-state index is 12.6. The molecule has 1 aromatic carbocycles. The minimum absolute atomic E-state index is 0.0119. The Morgan fingerprint density at radius 3 is 2.96 bits per heavy atom. The first-order valence-corrected chi connectivity index (χ1v) is 8.38. The molecule has 0 saturated carbocycles. The minimum atomic E-state index is -0.0119. The van der Waals surface area contributed by atoms with Gasteiger partial charge in [-0.05, 0) is 37.8 Å².